The zero-order valence-electron chi connectivity index (χ0n) is 16.8. The summed E-state index contributed by atoms with van der Waals surface area (Å²) in [7, 11) is 0. The van der Waals surface area contributed by atoms with Crippen molar-refractivity contribution in [2.45, 2.75) is 32.7 Å². The van der Waals surface area contributed by atoms with E-state index < -0.39 is 5.92 Å². The second-order valence-corrected chi connectivity index (χ2v) is 7.19. The van der Waals surface area contributed by atoms with E-state index in [1.54, 1.807) is 17.9 Å². The van der Waals surface area contributed by atoms with Gasteiger partial charge in [0.05, 0.1) is 5.92 Å². The third-order valence-corrected chi connectivity index (χ3v) is 4.63. The van der Waals surface area contributed by atoms with Gasteiger partial charge >= 0.3 is 0 Å². The lowest BCUT2D eigenvalue weighted by Gasteiger charge is -2.30. The Morgan fingerprint density at radius 1 is 1.00 bits per heavy atom. The van der Waals surface area contributed by atoms with Gasteiger partial charge in [-0.25, -0.2) is 0 Å². The molecule has 0 aliphatic heterocycles. The van der Waals surface area contributed by atoms with Gasteiger partial charge in [0.2, 0.25) is 11.8 Å². The molecule has 1 heterocycles. The summed E-state index contributed by atoms with van der Waals surface area (Å²) in [5, 5.41) is 6.46. The smallest absolute Gasteiger partial charge is 0.245 e. The molecule has 29 heavy (non-hydrogen) atoms. The van der Waals surface area contributed by atoms with Gasteiger partial charge in [-0.15, -0.1) is 0 Å². The van der Waals surface area contributed by atoms with Crippen LogP contribution >= 0.6 is 0 Å². The van der Waals surface area contributed by atoms with Crippen molar-refractivity contribution in [3.63, 3.8) is 0 Å². The minimum Gasteiger partial charge on any atom is -0.360 e. The van der Waals surface area contributed by atoms with Crippen molar-refractivity contribution in [2.75, 3.05) is 11.9 Å². The average molecular weight is 391 g/mol. The lowest BCUT2D eigenvalue weighted by Crippen LogP contribution is -2.45. The van der Waals surface area contributed by atoms with E-state index in [-0.39, 0.29) is 24.4 Å². The van der Waals surface area contributed by atoms with Crippen LogP contribution < -0.4 is 5.32 Å². The number of amides is 2. The van der Waals surface area contributed by atoms with E-state index in [2.05, 4.69) is 10.5 Å². The van der Waals surface area contributed by atoms with Crippen LogP contribution in [0.2, 0.25) is 0 Å². The number of aryl methyl sites for hydroxylation is 1. The predicted octanol–water partition coefficient (Wildman–Crippen LogP) is 3.99. The van der Waals surface area contributed by atoms with Crippen LogP contribution in [0.25, 0.3) is 0 Å². The normalized spacial score (nSPS) is 10.9. The minimum atomic E-state index is -0.484. The molecule has 0 unspecified atom stereocenters. The van der Waals surface area contributed by atoms with Crippen molar-refractivity contribution in [3.8, 4) is 0 Å². The maximum Gasteiger partial charge on any atom is 0.245 e. The molecule has 3 rings (SSSR count). The van der Waals surface area contributed by atoms with Gasteiger partial charge in [-0.3, -0.25) is 9.59 Å². The molecule has 150 valence electrons. The molecule has 2 amide bonds. The molecule has 3 aromatic rings. The van der Waals surface area contributed by atoms with Crippen molar-refractivity contribution in [1.29, 1.82) is 0 Å². The van der Waals surface area contributed by atoms with Crippen LogP contribution in [0.5, 0.6) is 0 Å². The maximum atomic E-state index is 13.6. The first-order valence-corrected chi connectivity index (χ1v) is 9.59. The number of rotatable bonds is 7. The second-order valence-electron chi connectivity index (χ2n) is 7.19. The Balaban J connectivity index is 1.85. The Kier molecular flexibility index (Phi) is 6.44. The lowest BCUT2D eigenvalue weighted by molar-refractivity contribution is -0.137. The molecule has 0 aliphatic rings. The topological polar surface area (TPSA) is 75.4 Å². The molecular formula is C23H25N3O3. The molecule has 1 aromatic heterocycles. The fourth-order valence-corrected chi connectivity index (χ4v) is 3.21. The molecule has 0 aliphatic carbocycles. The SMILES string of the molecule is Cc1cc(NC(=O)CN(C(=O)C(c2ccccc2)c2ccccc2)C(C)C)no1. The molecule has 0 atom stereocenters. The molecule has 0 spiro atoms. The molecule has 1 N–H and O–H groups in total. The van der Waals surface area contributed by atoms with Crippen LogP contribution in [-0.4, -0.2) is 34.5 Å². The van der Waals surface area contributed by atoms with Crippen molar-refractivity contribution >= 4 is 17.6 Å². The number of hydrogen-bond donors (Lipinski definition) is 1. The number of nitrogens with one attached hydrogen (secondary N) is 1. The standard InChI is InChI=1S/C23H25N3O3/c1-16(2)26(15-21(27)24-20-14-17(3)29-25-20)23(28)22(18-10-6-4-7-11-18)19-12-8-5-9-13-19/h4-14,16,22H,15H2,1-3H3,(H,24,25,27). The summed E-state index contributed by atoms with van der Waals surface area (Å²) in [6.07, 6.45) is 0. The third kappa shape index (κ3) is 5.10. The number of aromatic nitrogens is 1. The highest BCUT2D eigenvalue weighted by Crippen LogP contribution is 2.27. The quantitative estimate of drug-likeness (QED) is 0.661. The first-order chi connectivity index (χ1) is 14.0. The molecule has 0 fully saturated rings. The lowest BCUT2D eigenvalue weighted by atomic mass is 9.89. The molecule has 0 bridgehead atoms. The van der Waals surface area contributed by atoms with Crippen LogP contribution in [-0.2, 0) is 9.59 Å². The fraction of sp³-hybridized carbons (Fsp3) is 0.261. The first kappa shape index (κ1) is 20.3. The summed E-state index contributed by atoms with van der Waals surface area (Å²) >= 11 is 0. The van der Waals surface area contributed by atoms with E-state index in [4.69, 9.17) is 4.52 Å². The fourth-order valence-electron chi connectivity index (χ4n) is 3.21. The van der Waals surface area contributed by atoms with Gasteiger partial charge in [-0.1, -0.05) is 65.8 Å². The van der Waals surface area contributed by atoms with Crippen molar-refractivity contribution in [2.24, 2.45) is 0 Å². The zero-order valence-corrected chi connectivity index (χ0v) is 16.8. The van der Waals surface area contributed by atoms with Crippen LogP contribution in [0.15, 0.2) is 71.3 Å². The highest BCUT2D eigenvalue weighted by Gasteiger charge is 2.30. The summed E-state index contributed by atoms with van der Waals surface area (Å²) in [6, 6.07) is 20.7. The van der Waals surface area contributed by atoms with E-state index in [0.717, 1.165) is 11.1 Å². The van der Waals surface area contributed by atoms with Gasteiger partial charge in [0.25, 0.3) is 0 Å². The minimum absolute atomic E-state index is 0.0709. The number of anilines is 1. The zero-order chi connectivity index (χ0) is 20.8. The van der Waals surface area contributed by atoms with Crippen LogP contribution in [0, 0.1) is 6.92 Å². The van der Waals surface area contributed by atoms with E-state index in [1.807, 2.05) is 74.5 Å². The van der Waals surface area contributed by atoms with Crippen molar-refractivity contribution in [1.82, 2.24) is 10.1 Å². The monoisotopic (exact) mass is 391 g/mol. The maximum absolute atomic E-state index is 13.6. The Bertz CT molecular complexity index is 912. The number of nitrogens with zero attached hydrogens (tertiary/aromatic N) is 2. The van der Waals surface area contributed by atoms with E-state index in [1.165, 1.54) is 0 Å². The largest absolute Gasteiger partial charge is 0.360 e. The Morgan fingerprint density at radius 3 is 2.00 bits per heavy atom. The van der Waals surface area contributed by atoms with Gasteiger partial charge in [0.15, 0.2) is 5.82 Å². The van der Waals surface area contributed by atoms with Crippen molar-refractivity contribution < 1.29 is 14.1 Å². The summed E-state index contributed by atoms with van der Waals surface area (Å²) in [6.45, 7) is 5.48. The number of hydrogen-bond acceptors (Lipinski definition) is 4. The van der Waals surface area contributed by atoms with Gasteiger partial charge in [-0.2, -0.15) is 0 Å². The Morgan fingerprint density at radius 2 is 1.55 bits per heavy atom. The molecule has 6 heteroatoms. The van der Waals surface area contributed by atoms with Gasteiger partial charge < -0.3 is 14.7 Å². The average Bonchev–Trinajstić information content (AvgIpc) is 3.12. The number of carbonyl (C=O) groups excluding carboxylic acids is 2. The first-order valence-electron chi connectivity index (χ1n) is 9.59. The van der Waals surface area contributed by atoms with Crippen LogP contribution in [0.4, 0.5) is 5.82 Å². The molecule has 0 saturated heterocycles. The highest BCUT2D eigenvalue weighted by atomic mass is 16.5. The van der Waals surface area contributed by atoms with Gasteiger partial charge in [-0.05, 0) is 31.9 Å². The number of carbonyl (C=O) groups is 2. The molecule has 0 saturated carbocycles. The van der Waals surface area contributed by atoms with Crippen molar-refractivity contribution in [3.05, 3.63) is 83.6 Å². The predicted molar refractivity (Wildman–Crippen MR) is 111 cm³/mol. The molecule has 6 nitrogen and oxygen atoms in total. The molecular weight excluding hydrogens is 366 g/mol. The summed E-state index contributed by atoms with van der Waals surface area (Å²) in [5.74, 6) is 0.0163. The van der Waals surface area contributed by atoms with Crippen LogP contribution in [0.3, 0.4) is 0 Å². The summed E-state index contributed by atoms with van der Waals surface area (Å²) < 4.78 is 4.97. The number of benzene rings is 2. The van der Waals surface area contributed by atoms with E-state index >= 15 is 0 Å². The highest BCUT2D eigenvalue weighted by molar-refractivity contribution is 5.96. The third-order valence-electron chi connectivity index (χ3n) is 4.63. The Hall–Kier alpha value is -3.41. The van der Waals surface area contributed by atoms with Gasteiger partial charge in [0.1, 0.15) is 12.3 Å². The van der Waals surface area contributed by atoms with E-state index in [0.29, 0.717) is 11.6 Å². The second kappa shape index (κ2) is 9.19. The summed E-state index contributed by atoms with van der Waals surface area (Å²) in [4.78, 5) is 27.7. The molecule has 0 radical (unpaired) electrons. The van der Waals surface area contributed by atoms with E-state index in [9.17, 15) is 9.59 Å². The molecule has 2 aromatic carbocycles. The van der Waals surface area contributed by atoms with Gasteiger partial charge in [0, 0.05) is 12.1 Å². The summed E-state index contributed by atoms with van der Waals surface area (Å²) in [5.41, 5.74) is 1.78. The Labute approximate surface area is 170 Å². The van der Waals surface area contributed by atoms with Crippen LogP contribution in [0.1, 0.15) is 36.7 Å².